The molecule has 0 heterocycles. The second kappa shape index (κ2) is 7.45. The van der Waals surface area contributed by atoms with E-state index in [2.05, 4.69) is 21.4 Å². The zero-order valence-corrected chi connectivity index (χ0v) is 13.7. The van der Waals surface area contributed by atoms with E-state index in [1.807, 2.05) is 49.4 Å². The van der Waals surface area contributed by atoms with Crippen LogP contribution in [0.4, 0.5) is 0 Å². The fourth-order valence-electron chi connectivity index (χ4n) is 2.16. The Balaban J connectivity index is 2.34. The molecule has 112 valence electrons. The number of hydrogen-bond donors (Lipinski definition) is 2. The maximum Gasteiger partial charge on any atom is 0.119 e. The minimum absolute atomic E-state index is 0.134. The summed E-state index contributed by atoms with van der Waals surface area (Å²) >= 11 is 3.56. The van der Waals surface area contributed by atoms with E-state index in [-0.39, 0.29) is 6.04 Å². The molecule has 0 bridgehead atoms. The summed E-state index contributed by atoms with van der Waals surface area (Å²) in [5.41, 5.74) is 4.92. The van der Waals surface area contributed by atoms with Gasteiger partial charge in [0.05, 0.1) is 19.8 Å². The van der Waals surface area contributed by atoms with E-state index in [0.717, 1.165) is 27.1 Å². The van der Waals surface area contributed by atoms with Crippen LogP contribution in [0.25, 0.3) is 0 Å². The summed E-state index contributed by atoms with van der Waals surface area (Å²) in [5.74, 6) is 7.39. The summed E-state index contributed by atoms with van der Waals surface area (Å²) in [4.78, 5) is 0. The topological polar surface area (TPSA) is 56.5 Å². The van der Waals surface area contributed by atoms with E-state index in [4.69, 9.17) is 15.3 Å². The molecule has 0 fully saturated rings. The molecule has 0 aromatic heterocycles. The molecule has 0 spiro atoms. The summed E-state index contributed by atoms with van der Waals surface area (Å²) in [5, 5.41) is 0. The van der Waals surface area contributed by atoms with Crippen LogP contribution in [-0.2, 0) is 0 Å². The van der Waals surface area contributed by atoms with Crippen LogP contribution in [0.1, 0.15) is 24.1 Å². The lowest BCUT2D eigenvalue weighted by molar-refractivity contribution is 0.340. The van der Waals surface area contributed by atoms with Gasteiger partial charge in [0, 0.05) is 4.47 Å². The van der Waals surface area contributed by atoms with Crippen LogP contribution in [0.2, 0.25) is 0 Å². The predicted molar refractivity (Wildman–Crippen MR) is 87.5 cm³/mol. The third-order valence-corrected chi connectivity index (χ3v) is 3.93. The normalized spacial score (nSPS) is 12.0. The first-order valence-corrected chi connectivity index (χ1v) is 7.51. The van der Waals surface area contributed by atoms with Crippen LogP contribution in [0.5, 0.6) is 11.5 Å². The molecule has 21 heavy (non-hydrogen) atoms. The minimum Gasteiger partial charge on any atom is -0.497 e. The summed E-state index contributed by atoms with van der Waals surface area (Å²) in [7, 11) is 1.65. The number of hydrogen-bond acceptors (Lipinski definition) is 4. The molecular formula is C16H19BrN2O2. The molecule has 0 amide bonds. The Morgan fingerprint density at radius 3 is 2.38 bits per heavy atom. The van der Waals surface area contributed by atoms with E-state index < -0.39 is 0 Å². The summed E-state index contributed by atoms with van der Waals surface area (Å²) in [6.07, 6.45) is 0. The van der Waals surface area contributed by atoms with Crippen molar-refractivity contribution in [2.45, 2.75) is 13.0 Å². The molecule has 1 unspecified atom stereocenters. The van der Waals surface area contributed by atoms with Gasteiger partial charge in [-0.05, 0) is 48.4 Å². The van der Waals surface area contributed by atoms with Gasteiger partial charge in [-0.25, -0.2) is 5.43 Å². The second-order valence-corrected chi connectivity index (χ2v) is 5.34. The largest absolute Gasteiger partial charge is 0.497 e. The molecule has 0 aliphatic rings. The maximum absolute atomic E-state index is 5.75. The van der Waals surface area contributed by atoms with Crippen LogP contribution in [-0.4, -0.2) is 13.7 Å². The number of methoxy groups -OCH3 is 1. The SMILES string of the molecule is CCOc1ccc(C(NN)c2cc(OC)ccc2Br)cc1. The zero-order valence-electron chi connectivity index (χ0n) is 12.1. The highest BCUT2D eigenvalue weighted by atomic mass is 79.9. The molecule has 4 nitrogen and oxygen atoms in total. The molecule has 0 radical (unpaired) electrons. The van der Waals surface area contributed by atoms with Gasteiger partial charge in [-0.3, -0.25) is 5.84 Å². The second-order valence-electron chi connectivity index (χ2n) is 4.49. The van der Waals surface area contributed by atoms with Crippen molar-refractivity contribution < 1.29 is 9.47 Å². The van der Waals surface area contributed by atoms with Crippen molar-refractivity contribution in [1.82, 2.24) is 5.43 Å². The summed E-state index contributed by atoms with van der Waals surface area (Å²) in [6, 6.07) is 13.6. The van der Waals surface area contributed by atoms with Crippen LogP contribution in [0, 0.1) is 0 Å². The predicted octanol–water partition coefficient (Wildman–Crippen LogP) is 3.41. The monoisotopic (exact) mass is 350 g/mol. The van der Waals surface area contributed by atoms with Crippen molar-refractivity contribution in [3.63, 3.8) is 0 Å². The molecular weight excluding hydrogens is 332 g/mol. The highest BCUT2D eigenvalue weighted by Crippen LogP contribution is 2.31. The molecule has 0 aliphatic heterocycles. The average Bonchev–Trinajstić information content (AvgIpc) is 2.51. The number of nitrogens with two attached hydrogens (primary N) is 1. The number of halogens is 1. The van der Waals surface area contributed by atoms with Gasteiger partial charge in [-0.15, -0.1) is 0 Å². The Kier molecular flexibility index (Phi) is 5.61. The van der Waals surface area contributed by atoms with Gasteiger partial charge < -0.3 is 9.47 Å². The number of hydrazine groups is 1. The average molecular weight is 351 g/mol. The maximum atomic E-state index is 5.75. The van der Waals surface area contributed by atoms with Crippen LogP contribution in [0.15, 0.2) is 46.9 Å². The molecule has 1 atom stereocenters. The molecule has 2 aromatic rings. The number of ether oxygens (including phenoxy) is 2. The van der Waals surface area contributed by atoms with E-state index in [0.29, 0.717) is 6.61 Å². The molecule has 5 heteroatoms. The molecule has 0 saturated heterocycles. The van der Waals surface area contributed by atoms with E-state index in [1.54, 1.807) is 7.11 Å². The van der Waals surface area contributed by atoms with Crippen LogP contribution >= 0.6 is 15.9 Å². The number of nitrogens with one attached hydrogen (secondary N) is 1. The molecule has 0 saturated carbocycles. The number of rotatable bonds is 6. The fourth-order valence-corrected chi connectivity index (χ4v) is 2.63. The molecule has 2 rings (SSSR count). The Morgan fingerprint density at radius 2 is 1.81 bits per heavy atom. The molecule has 2 aromatic carbocycles. The van der Waals surface area contributed by atoms with Crippen molar-refractivity contribution in [2.24, 2.45) is 5.84 Å². The third-order valence-electron chi connectivity index (χ3n) is 3.21. The van der Waals surface area contributed by atoms with Gasteiger partial charge >= 0.3 is 0 Å². The van der Waals surface area contributed by atoms with E-state index in [1.165, 1.54) is 0 Å². The van der Waals surface area contributed by atoms with Gasteiger partial charge in [0.25, 0.3) is 0 Å². The van der Waals surface area contributed by atoms with Gasteiger partial charge in [0.15, 0.2) is 0 Å². The smallest absolute Gasteiger partial charge is 0.119 e. The Hall–Kier alpha value is -1.56. The minimum atomic E-state index is -0.134. The van der Waals surface area contributed by atoms with Crippen LogP contribution < -0.4 is 20.7 Å². The lowest BCUT2D eigenvalue weighted by Crippen LogP contribution is -2.29. The van der Waals surface area contributed by atoms with E-state index in [9.17, 15) is 0 Å². The quantitative estimate of drug-likeness (QED) is 0.619. The lowest BCUT2D eigenvalue weighted by atomic mass is 9.99. The summed E-state index contributed by atoms with van der Waals surface area (Å²) in [6.45, 7) is 2.62. The summed E-state index contributed by atoms with van der Waals surface area (Å²) < 4.78 is 11.7. The fraction of sp³-hybridized carbons (Fsp3) is 0.250. The third kappa shape index (κ3) is 3.75. The van der Waals surface area contributed by atoms with Gasteiger partial charge in [-0.1, -0.05) is 28.1 Å². The van der Waals surface area contributed by atoms with Crippen molar-refractivity contribution in [2.75, 3.05) is 13.7 Å². The van der Waals surface area contributed by atoms with Crippen LogP contribution in [0.3, 0.4) is 0 Å². The first-order valence-electron chi connectivity index (χ1n) is 6.72. The van der Waals surface area contributed by atoms with Crippen molar-refractivity contribution >= 4 is 15.9 Å². The molecule has 0 aliphatic carbocycles. The first kappa shape index (κ1) is 15.8. The lowest BCUT2D eigenvalue weighted by Gasteiger charge is -2.19. The zero-order chi connectivity index (χ0) is 15.2. The number of benzene rings is 2. The van der Waals surface area contributed by atoms with Gasteiger partial charge in [0.1, 0.15) is 11.5 Å². The highest BCUT2D eigenvalue weighted by molar-refractivity contribution is 9.10. The van der Waals surface area contributed by atoms with E-state index >= 15 is 0 Å². The van der Waals surface area contributed by atoms with Crippen molar-refractivity contribution in [3.8, 4) is 11.5 Å². The molecule has 3 N–H and O–H groups in total. The van der Waals surface area contributed by atoms with Gasteiger partial charge in [0.2, 0.25) is 0 Å². The first-order chi connectivity index (χ1) is 10.2. The van der Waals surface area contributed by atoms with Gasteiger partial charge in [-0.2, -0.15) is 0 Å². The standard InChI is InChI=1S/C16H19BrN2O2/c1-3-21-12-6-4-11(5-7-12)16(19-18)14-10-13(20-2)8-9-15(14)17/h4-10,16,19H,3,18H2,1-2H3. The van der Waals surface area contributed by atoms with Crippen molar-refractivity contribution in [1.29, 1.82) is 0 Å². The Bertz CT molecular complexity index is 587. The highest BCUT2D eigenvalue weighted by Gasteiger charge is 2.16. The Labute approximate surface area is 133 Å². The van der Waals surface area contributed by atoms with Crippen molar-refractivity contribution in [3.05, 3.63) is 58.1 Å². The Morgan fingerprint density at radius 1 is 1.14 bits per heavy atom.